The number of carbonyl (C=O) groups is 1. The van der Waals surface area contributed by atoms with Gasteiger partial charge >= 0.3 is 0 Å². The van der Waals surface area contributed by atoms with E-state index in [0.717, 1.165) is 38.2 Å². The summed E-state index contributed by atoms with van der Waals surface area (Å²) in [4.78, 5) is 19.5. The Morgan fingerprint density at radius 2 is 1.67 bits per heavy atom. The molecule has 2 atom stereocenters. The predicted octanol–water partition coefficient (Wildman–Crippen LogP) is 5.59. The van der Waals surface area contributed by atoms with Crippen LogP contribution in [0, 0.1) is 0 Å². The Hall–Kier alpha value is -4.38. The van der Waals surface area contributed by atoms with Crippen molar-refractivity contribution in [2.45, 2.75) is 30.9 Å². The van der Waals surface area contributed by atoms with Gasteiger partial charge in [0.15, 0.2) is 11.6 Å². The summed E-state index contributed by atoms with van der Waals surface area (Å²) in [7, 11) is 3.25. The highest BCUT2D eigenvalue weighted by Gasteiger charge is 2.53. The number of rotatable bonds is 15. The van der Waals surface area contributed by atoms with Gasteiger partial charge in [-0.3, -0.25) is 10.2 Å². The van der Waals surface area contributed by atoms with E-state index in [1.165, 1.54) is 0 Å². The van der Waals surface area contributed by atoms with Crippen LogP contribution in [0.5, 0.6) is 17.2 Å². The third kappa shape index (κ3) is 7.70. The standard InChI is InChI=1S/C36H38BrN3O6/c1-43-30-17-18-32(44-2)27(23-30)19-20-38-40-35(42)36(24-28-11-6-7-12-31(28)37)33(25-9-4-3-5-10-25)46-34(39-36)26-13-15-29(16-14-26)45-22-8-21-41/h3-7,9-18,23,33,38,41H,8,19-22,24H2,1-2H3,(H,40,42)/t33-,36-/m0/s1. The molecular weight excluding hydrogens is 650 g/mol. The number of hydrogen-bond donors (Lipinski definition) is 3. The number of ether oxygens (including phenoxy) is 4. The van der Waals surface area contributed by atoms with Crippen molar-refractivity contribution in [2.75, 3.05) is 34.0 Å². The minimum atomic E-state index is -1.35. The maximum Gasteiger partial charge on any atom is 0.266 e. The van der Waals surface area contributed by atoms with E-state index in [2.05, 4.69) is 26.8 Å². The number of nitrogens with one attached hydrogen (secondary N) is 2. The molecule has 0 fully saturated rings. The third-order valence-corrected chi connectivity index (χ3v) is 8.53. The number of amides is 1. The number of nitrogens with zero attached hydrogens (tertiary/aromatic N) is 1. The summed E-state index contributed by atoms with van der Waals surface area (Å²) in [5, 5.41) is 9.07. The lowest BCUT2D eigenvalue weighted by atomic mass is 9.82. The number of hydrogen-bond acceptors (Lipinski definition) is 8. The van der Waals surface area contributed by atoms with Gasteiger partial charge in [0.25, 0.3) is 5.91 Å². The van der Waals surface area contributed by atoms with Gasteiger partial charge in [-0.05, 0) is 71.6 Å². The van der Waals surface area contributed by atoms with Gasteiger partial charge in [0.1, 0.15) is 17.2 Å². The van der Waals surface area contributed by atoms with Crippen LogP contribution >= 0.6 is 15.9 Å². The molecule has 0 saturated heterocycles. The molecule has 0 unspecified atom stereocenters. The highest BCUT2D eigenvalue weighted by molar-refractivity contribution is 9.10. The maximum atomic E-state index is 14.4. The van der Waals surface area contributed by atoms with Gasteiger partial charge in [0.2, 0.25) is 5.90 Å². The van der Waals surface area contributed by atoms with Crippen LogP contribution in [0.25, 0.3) is 0 Å². The van der Waals surface area contributed by atoms with Gasteiger partial charge in [-0.1, -0.05) is 64.5 Å². The Balaban J connectivity index is 1.45. The molecule has 9 nitrogen and oxygen atoms in total. The molecule has 1 aliphatic heterocycles. The van der Waals surface area contributed by atoms with E-state index < -0.39 is 11.6 Å². The fraction of sp³-hybridized carbons (Fsp3) is 0.278. The second-order valence-electron chi connectivity index (χ2n) is 10.8. The Bertz CT molecular complexity index is 1630. The fourth-order valence-corrected chi connectivity index (χ4v) is 5.79. The van der Waals surface area contributed by atoms with E-state index in [4.69, 9.17) is 29.0 Å². The molecule has 0 saturated carbocycles. The SMILES string of the molecule is COc1ccc(OC)c(CCNNC(=O)[C@@]2(Cc3ccccc3Br)N=C(c3ccc(OCCCO)cc3)O[C@H]2c2ccccc2)c1. The molecule has 1 amide bonds. The molecule has 0 radical (unpaired) electrons. The summed E-state index contributed by atoms with van der Waals surface area (Å²) in [5.41, 5.74) is 8.12. The van der Waals surface area contributed by atoms with Crippen LogP contribution in [-0.2, 0) is 22.4 Å². The molecule has 0 aromatic heterocycles. The van der Waals surface area contributed by atoms with E-state index in [-0.39, 0.29) is 18.9 Å². The monoisotopic (exact) mass is 687 g/mol. The Morgan fingerprint density at radius 1 is 0.935 bits per heavy atom. The van der Waals surface area contributed by atoms with E-state index in [9.17, 15) is 4.79 Å². The lowest BCUT2D eigenvalue weighted by Crippen LogP contribution is -2.54. The van der Waals surface area contributed by atoms with Crippen molar-refractivity contribution in [1.82, 2.24) is 10.9 Å². The zero-order valence-corrected chi connectivity index (χ0v) is 27.5. The zero-order chi connectivity index (χ0) is 32.4. The molecule has 1 aliphatic rings. The number of hydrazine groups is 1. The van der Waals surface area contributed by atoms with Crippen molar-refractivity contribution in [3.05, 3.63) is 124 Å². The van der Waals surface area contributed by atoms with Crippen LogP contribution in [0.15, 0.2) is 107 Å². The van der Waals surface area contributed by atoms with Crippen LogP contribution in [-0.4, -0.2) is 56.4 Å². The van der Waals surface area contributed by atoms with Crippen LogP contribution < -0.4 is 25.1 Å². The van der Waals surface area contributed by atoms with Gasteiger partial charge < -0.3 is 24.1 Å². The van der Waals surface area contributed by atoms with E-state index in [1.54, 1.807) is 14.2 Å². The number of aliphatic hydroxyl groups excluding tert-OH is 1. The topological polar surface area (TPSA) is 111 Å². The highest BCUT2D eigenvalue weighted by Crippen LogP contribution is 2.43. The second kappa shape index (κ2) is 15.8. The number of carbonyl (C=O) groups excluding carboxylic acids is 1. The first-order valence-electron chi connectivity index (χ1n) is 15.1. The summed E-state index contributed by atoms with van der Waals surface area (Å²) < 4.78 is 24.1. The number of aliphatic imine (C=N–C) groups is 1. The van der Waals surface area contributed by atoms with E-state index in [1.807, 2.05) is 97.1 Å². The fourth-order valence-electron chi connectivity index (χ4n) is 5.37. The number of methoxy groups -OCH3 is 2. The third-order valence-electron chi connectivity index (χ3n) is 7.76. The summed E-state index contributed by atoms with van der Waals surface area (Å²) >= 11 is 3.67. The normalized spacial score (nSPS) is 17.1. The van der Waals surface area contributed by atoms with E-state index in [0.29, 0.717) is 37.6 Å². The lowest BCUT2D eigenvalue weighted by molar-refractivity contribution is -0.130. The molecule has 4 aromatic carbocycles. The Labute approximate surface area is 277 Å². The predicted molar refractivity (Wildman–Crippen MR) is 180 cm³/mol. The van der Waals surface area contributed by atoms with Gasteiger partial charge in [-0.2, -0.15) is 0 Å². The molecule has 46 heavy (non-hydrogen) atoms. The van der Waals surface area contributed by atoms with Crippen molar-refractivity contribution < 1.29 is 28.8 Å². The summed E-state index contributed by atoms with van der Waals surface area (Å²) in [6, 6.07) is 30.5. The van der Waals surface area contributed by atoms with Gasteiger partial charge in [0.05, 0.1) is 20.8 Å². The van der Waals surface area contributed by atoms with Gasteiger partial charge in [-0.25, -0.2) is 10.4 Å². The number of aliphatic hydroxyl groups is 1. The van der Waals surface area contributed by atoms with Crippen LogP contribution in [0.4, 0.5) is 0 Å². The summed E-state index contributed by atoms with van der Waals surface area (Å²) in [6.45, 7) is 0.914. The van der Waals surface area contributed by atoms with Crippen LogP contribution in [0.1, 0.15) is 34.8 Å². The molecule has 0 spiro atoms. The van der Waals surface area contributed by atoms with Crippen molar-refractivity contribution in [1.29, 1.82) is 0 Å². The second-order valence-corrected chi connectivity index (χ2v) is 11.6. The average Bonchev–Trinajstić information content (AvgIpc) is 3.48. The van der Waals surface area contributed by atoms with Gasteiger partial charge in [-0.15, -0.1) is 0 Å². The molecule has 5 rings (SSSR count). The summed E-state index contributed by atoms with van der Waals surface area (Å²) in [5.74, 6) is 2.18. The van der Waals surface area contributed by atoms with Crippen LogP contribution in [0.2, 0.25) is 0 Å². The Kier molecular flexibility index (Phi) is 11.3. The van der Waals surface area contributed by atoms with Crippen molar-refractivity contribution in [2.24, 2.45) is 4.99 Å². The molecule has 3 N–H and O–H groups in total. The largest absolute Gasteiger partial charge is 0.497 e. The first-order chi connectivity index (χ1) is 22.5. The zero-order valence-electron chi connectivity index (χ0n) is 25.9. The van der Waals surface area contributed by atoms with Crippen molar-refractivity contribution in [3.63, 3.8) is 0 Å². The first kappa shape index (κ1) is 33.0. The molecule has 0 bridgehead atoms. The molecule has 4 aromatic rings. The molecular formula is C36H38BrN3O6. The highest BCUT2D eigenvalue weighted by atomic mass is 79.9. The quantitative estimate of drug-likeness (QED) is 0.110. The number of benzene rings is 4. The molecule has 1 heterocycles. The minimum absolute atomic E-state index is 0.0648. The van der Waals surface area contributed by atoms with Crippen molar-refractivity contribution >= 4 is 27.7 Å². The van der Waals surface area contributed by atoms with Crippen molar-refractivity contribution in [3.8, 4) is 17.2 Å². The average molecular weight is 689 g/mol. The molecule has 10 heteroatoms. The lowest BCUT2D eigenvalue weighted by Gasteiger charge is -2.31. The molecule has 0 aliphatic carbocycles. The van der Waals surface area contributed by atoms with Crippen LogP contribution in [0.3, 0.4) is 0 Å². The van der Waals surface area contributed by atoms with Gasteiger partial charge in [0, 0.05) is 36.0 Å². The number of halogens is 1. The first-order valence-corrected chi connectivity index (χ1v) is 15.9. The molecule has 240 valence electrons. The summed E-state index contributed by atoms with van der Waals surface area (Å²) in [6.07, 6.45) is 0.690. The minimum Gasteiger partial charge on any atom is -0.497 e. The smallest absolute Gasteiger partial charge is 0.266 e. The maximum absolute atomic E-state index is 14.4. The van der Waals surface area contributed by atoms with E-state index >= 15 is 0 Å². The Morgan fingerprint density at radius 3 is 2.39 bits per heavy atom.